The number of unbranched alkanes of at least 4 members (excludes halogenated alkanes) is 16. The molecule has 0 aromatic rings. The molecule has 0 aliphatic heterocycles. The maximum atomic E-state index is 6.11. The molecule has 0 radical (unpaired) electrons. The van der Waals surface area contributed by atoms with Gasteiger partial charge in [-0.3, -0.25) is 0 Å². The lowest BCUT2D eigenvalue weighted by Gasteiger charge is -2.09. The molecule has 0 heterocycles. The lowest BCUT2D eigenvalue weighted by atomic mass is 10.0. The summed E-state index contributed by atoms with van der Waals surface area (Å²) in [5, 5.41) is 1.18. The van der Waals surface area contributed by atoms with Crippen LogP contribution in [0.4, 0.5) is 0 Å². The number of hydrogen-bond donors (Lipinski definition) is 0. The lowest BCUT2D eigenvalue weighted by Crippen LogP contribution is -2.11. The quantitative estimate of drug-likeness (QED) is 0.0779. The van der Waals surface area contributed by atoms with Gasteiger partial charge in [-0.25, -0.2) is 0 Å². The molecule has 0 nitrogen and oxygen atoms in total. The molecule has 0 N–H and O–H groups in total. The van der Waals surface area contributed by atoms with Crippen molar-refractivity contribution < 1.29 is 0 Å². The first-order valence-electron chi connectivity index (χ1n) is 10.5. The van der Waals surface area contributed by atoms with Gasteiger partial charge in [0.05, 0.1) is 0 Å². The predicted octanol–water partition coefficient (Wildman–Crippen LogP) is 9.56. The molecular formula is C20H41BrCl2Si. The molecule has 0 atom stereocenters. The minimum Gasteiger partial charge on any atom is -0.146 e. The minimum absolute atomic E-state index is 1.06. The van der Waals surface area contributed by atoms with Crippen LogP contribution in [-0.2, 0) is 0 Å². The van der Waals surface area contributed by atoms with Gasteiger partial charge in [-0.2, -0.15) is 0 Å². The molecule has 0 fully saturated rings. The van der Waals surface area contributed by atoms with E-state index in [-0.39, 0.29) is 0 Å². The van der Waals surface area contributed by atoms with Crippen LogP contribution in [0.15, 0.2) is 0 Å². The molecule has 0 aliphatic carbocycles. The van der Waals surface area contributed by atoms with Crippen LogP contribution in [-0.4, -0.2) is 12.0 Å². The molecular weight excluding hydrogens is 419 g/mol. The van der Waals surface area contributed by atoms with Crippen molar-refractivity contribution in [2.45, 2.75) is 122 Å². The van der Waals surface area contributed by atoms with Gasteiger partial charge in [-0.15, -0.1) is 22.2 Å². The molecule has 0 aliphatic rings. The summed E-state index contributed by atoms with van der Waals surface area (Å²) in [6.45, 7) is 0.205. The Bertz CT molecular complexity index is 244. The van der Waals surface area contributed by atoms with Gasteiger partial charge in [-0.05, 0) is 19.0 Å². The van der Waals surface area contributed by atoms with Crippen molar-refractivity contribution in [2.75, 3.05) is 5.33 Å². The summed E-state index contributed by atoms with van der Waals surface area (Å²) >= 11 is 15.7. The van der Waals surface area contributed by atoms with E-state index >= 15 is 0 Å². The van der Waals surface area contributed by atoms with Crippen molar-refractivity contribution in [2.24, 2.45) is 0 Å². The van der Waals surface area contributed by atoms with Gasteiger partial charge in [0, 0.05) is 5.33 Å². The summed E-state index contributed by atoms with van der Waals surface area (Å²) in [7, 11) is 0. The maximum absolute atomic E-state index is 6.11. The van der Waals surface area contributed by atoms with Crippen molar-refractivity contribution in [3.05, 3.63) is 0 Å². The Morgan fingerprint density at radius 1 is 0.500 bits per heavy atom. The Hall–Kier alpha value is 1.28. The molecule has 0 unspecified atom stereocenters. The Labute approximate surface area is 171 Å². The third-order valence-electron chi connectivity index (χ3n) is 4.75. The van der Waals surface area contributed by atoms with Gasteiger partial charge in [0.15, 0.2) is 0 Å². The molecule has 0 amide bonds. The fraction of sp³-hybridized carbons (Fsp3) is 1.00. The third kappa shape index (κ3) is 23.3. The first-order valence-corrected chi connectivity index (χ1v) is 16.4. The minimum atomic E-state index is -1.83. The van der Waals surface area contributed by atoms with E-state index in [1.54, 1.807) is 0 Å². The number of hydrogen-bond acceptors (Lipinski definition) is 0. The van der Waals surface area contributed by atoms with Crippen molar-refractivity contribution in [3.8, 4) is 0 Å². The molecule has 146 valence electrons. The average molecular weight is 460 g/mol. The Morgan fingerprint density at radius 3 is 1.00 bits per heavy atom. The van der Waals surface area contributed by atoms with Crippen LogP contribution >= 0.6 is 38.1 Å². The van der Waals surface area contributed by atoms with Gasteiger partial charge >= 0.3 is 0 Å². The molecule has 0 saturated carbocycles. The monoisotopic (exact) mass is 458 g/mol. The normalized spacial score (nSPS) is 12.0. The van der Waals surface area contributed by atoms with Crippen molar-refractivity contribution in [1.82, 2.24) is 0 Å². The summed E-state index contributed by atoms with van der Waals surface area (Å²) in [6, 6.07) is 1.06. The third-order valence-corrected chi connectivity index (χ3v) is 7.68. The largest absolute Gasteiger partial charge is 0.248 e. The van der Waals surface area contributed by atoms with Gasteiger partial charge < -0.3 is 0 Å². The zero-order chi connectivity index (χ0) is 17.9. The average Bonchev–Trinajstić information content (AvgIpc) is 2.52. The Morgan fingerprint density at radius 2 is 0.750 bits per heavy atom. The highest BCUT2D eigenvalue weighted by Crippen LogP contribution is 2.23. The fourth-order valence-corrected chi connectivity index (χ4v) is 5.25. The second-order valence-corrected chi connectivity index (χ2v) is 16.5. The number of halogens is 3. The topological polar surface area (TPSA) is 0 Å². The van der Waals surface area contributed by atoms with Crippen LogP contribution in [0.5, 0.6) is 0 Å². The van der Waals surface area contributed by atoms with Gasteiger partial charge in [-0.1, -0.05) is 119 Å². The second-order valence-electron chi connectivity index (χ2n) is 7.52. The number of alkyl halides is 1. The van der Waals surface area contributed by atoms with Crippen LogP contribution in [0.2, 0.25) is 12.6 Å². The highest BCUT2D eigenvalue weighted by atomic mass is 79.9. The van der Waals surface area contributed by atoms with Crippen molar-refractivity contribution >= 4 is 44.8 Å². The molecule has 0 aromatic carbocycles. The van der Waals surface area contributed by atoms with E-state index in [4.69, 9.17) is 22.2 Å². The van der Waals surface area contributed by atoms with Crippen LogP contribution in [0.1, 0.15) is 109 Å². The molecule has 0 rings (SSSR count). The van der Waals surface area contributed by atoms with E-state index in [1.165, 1.54) is 114 Å². The van der Waals surface area contributed by atoms with Crippen molar-refractivity contribution in [3.63, 3.8) is 0 Å². The molecule has 4 heteroatoms. The van der Waals surface area contributed by atoms with Crippen LogP contribution in [0.3, 0.4) is 0 Å². The first-order chi connectivity index (χ1) is 11.6. The van der Waals surface area contributed by atoms with Gasteiger partial charge in [0.1, 0.15) is 0 Å². The molecule has 24 heavy (non-hydrogen) atoms. The summed E-state index contributed by atoms with van der Waals surface area (Å²) in [4.78, 5) is 0. The standard InChI is InChI=1S/C20H41BrCl2Si/c1-24(22,23)20-18-16-14-12-10-8-6-4-2-3-5-7-9-11-13-15-17-19-21/h2-20H2,1H3. The second kappa shape index (κ2) is 19.0. The Kier molecular flexibility index (Phi) is 20.1. The molecule has 0 spiro atoms. The summed E-state index contributed by atoms with van der Waals surface area (Å²) in [5.41, 5.74) is 0. The first kappa shape index (κ1) is 25.3. The van der Waals surface area contributed by atoms with Crippen LogP contribution in [0, 0.1) is 0 Å². The van der Waals surface area contributed by atoms with Crippen molar-refractivity contribution in [1.29, 1.82) is 0 Å². The van der Waals surface area contributed by atoms with E-state index in [0.717, 1.165) is 6.04 Å². The zero-order valence-electron chi connectivity index (χ0n) is 16.1. The predicted molar refractivity (Wildman–Crippen MR) is 120 cm³/mol. The van der Waals surface area contributed by atoms with E-state index in [2.05, 4.69) is 15.9 Å². The fourth-order valence-electron chi connectivity index (χ4n) is 3.18. The highest BCUT2D eigenvalue weighted by molar-refractivity contribution is 9.09. The summed E-state index contributed by atoms with van der Waals surface area (Å²) < 4.78 is 0. The zero-order valence-corrected chi connectivity index (χ0v) is 20.2. The Balaban J connectivity index is 3.00. The van der Waals surface area contributed by atoms with Crippen LogP contribution in [0.25, 0.3) is 0 Å². The van der Waals surface area contributed by atoms with E-state index in [0.29, 0.717) is 0 Å². The summed E-state index contributed by atoms with van der Waals surface area (Å²) in [5.74, 6) is 0. The summed E-state index contributed by atoms with van der Waals surface area (Å²) in [6.07, 6.45) is 24.0. The molecule has 0 saturated heterocycles. The maximum Gasteiger partial charge on any atom is 0.248 e. The SMILES string of the molecule is C[Si](Cl)(Cl)CCCCCCCCCCCCCCCCCCCBr. The van der Waals surface area contributed by atoms with E-state index in [1.807, 2.05) is 6.55 Å². The molecule has 0 aromatic heterocycles. The van der Waals surface area contributed by atoms with Gasteiger partial charge in [0.25, 0.3) is 0 Å². The smallest absolute Gasteiger partial charge is 0.146 e. The lowest BCUT2D eigenvalue weighted by molar-refractivity contribution is 0.529. The van der Waals surface area contributed by atoms with E-state index < -0.39 is 6.69 Å². The van der Waals surface area contributed by atoms with Gasteiger partial charge in [0.2, 0.25) is 6.69 Å². The number of rotatable bonds is 19. The van der Waals surface area contributed by atoms with Crippen LogP contribution < -0.4 is 0 Å². The molecule has 0 bridgehead atoms. The van der Waals surface area contributed by atoms with E-state index in [9.17, 15) is 0 Å². The highest BCUT2D eigenvalue weighted by Gasteiger charge is 2.19.